The number of likely N-dealkylation sites (N-methyl/N-ethyl adjacent to an activating group) is 1. The van der Waals surface area contributed by atoms with Gasteiger partial charge in [0.1, 0.15) is 0 Å². The summed E-state index contributed by atoms with van der Waals surface area (Å²) in [5, 5.41) is 0. The van der Waals surface area contributed by atoms with Gasteiger partial charge in [0.2, 0.25) is 0 Å². The first-order chi connectivity index (χ1) is 8.22. The van der Waals surface area contributed by atoms with Gasteiger partial charge in [-0.05, 0) is 25.2 Å². The molecule has 3 N–H and O–H groups in total. The van der Waals surface area contributed by atoms with E-state index in [1.807, 2.05) is 6.07 Å². The Morgan fingerprint density at radius 1 is 1.24 bits per heavy atom. The Morgan fingerprint density at radius 2 is 2.00 bits per heavy atom. The van der Waals surface area contributed by atoms with Gasteiger partial charge in [-0.1, -0.05) is 0 Å². The van der Waals surface area contributed by atoms with Crippen LogP contribution < -0.4 is 10.6 Å². The molecule has 1 saturated heterocycles. The number of aromatic amines is 1. The zero-order valence-corrected chi connectivity index (χ0v) is 9.98. The molecule has 5 nitrogen and oxygen atoms in total. The van der Waals surface area contributed by atoms with E-state index in [4.69, 9.17) is 5.73 Å². The van der Waals surface area contributed by atoms with E-state index < -0.39 is 0 Å². The molecule has 0 bridgehead atoms. The normalized spacial score (nSPS) is 17.8. The number of anilines is 2. The lowest BCUT2D eigenvalue weighted by Gasteiger charge is -2.34. The van der Waals surface area contributed by atoms with Gasteiger partial charge in [0.15, 0.2) is 5.95 Å². The fourth-order valence-corrected chi connectivity index (χ4v) is 2.28. The van der Waals surface area contributed by atoms with E-state index in [9.17, 15) is 0 Å². The smallest absolute Gasteiger partial charge is 0.198 e. The van der Waals surface area contributed by atoms with Crippen molar-refractivity contribution in [2.24, 2.45) is 0 Å². The molecule has 2 aromatic rings. The quantitative estimate of drug-likeness (QED) is 0.765. The van der Waals surface area contributed by atoms with Crippen molar-refractivity contribution in [3.05, 3.63) is 18.2 Å². The standard InChI is InChI=1S/C12H17N5/c1-16-4-6-17(7-5-16)9-2-3-10-11(8-9)15-12(13)14-10/h2-3,8H,4-7H2,1H3,(H3,13,14,15). The Labute approximate surface area is 100 Å². The van der Waals surface area contributed by atoms with Crippen molar-refractivity contribution < 1.29 is 0 Å². The topological polar surface area (TPSA) is 61.2 Å². The maximum atomic E-state index is 5.65. The summed E-state index contributed by atoms with van der Waals surface area (Å²) in [6.45, 7) is 4.38. The number of nitrogens with zero attached hydrogens (tertiary/aromatic N) is 3. The number of H-pyrrole nitrogens is 1. The molecule has 1 aromatic carbocycles. The molecule has 1 aliphatic heterocycles. The Morgan fingerprint density at radius 3 is 2.76 bits per heavy atom. The fourth-order valence-electron chi connectivity index (χ4n) is 2.28. The molecule has 2 heterocycles. The van der Waals surface area contributed by atoms with Gasteiger partial charge in [0.05, 0.1) is 11.0 Å². The molecule has 17 heavy (non-hydrogen) atoms. The van der Waals surface area contributed by atoms with Crippen LogP contribution in [0.25, 0.3) is 11.0 Å². The summed E-state index contributed by atoms with van der Waals surface area (Å²) in [5.41, 5.74) is 8.84. The van der Waals surface area contributed by atoms with Gasteiger partial charge in [-0.25, -0.2) is 4.98 Å². The van der Waals surface area contributed by atoms with Crippen LogP contribution in [0.5, 0.6) is 0 Å². The zero-order valence-electron chi connectivity index (χ0n) is 9.98. The number of imidazole rings is 1. The third-order valence-corrected chi connectivity index (χ3v) is 3.35. The number of rotatable bonds is 1. The van der Waals surface area contributed by atoms with E-state index in [1.54, 1.807) is 0 Å². The third kappa shape index (κ3) is 1.93. The molecule has 3 rings (SSSR count). The van der Waals surface area contributed by atoms with Gasteiger partial charge >= 0.3 is 0 Å². The Bertz CT molecular complexity index is 525. The first-order valence-corrected chi connectivity index (χ1v) is 5.91. The summed E-state index contributed by atoms with van der Waals surface area (Å²) in [6.07, 6.45) is 0. The molecule has 0 atom stereocenters. The number of piperazine rings is 1. The summed E-state index contributed by atoms with van der Waals surface area (Å²) in [5.74, 6) is 0.482. The van der Waals surface area contributed by atoms with E-state index in [1.165, 1.54) is 5.69 Å². The lowest BCUT2D eigenvalue weighted by atomic mass is 10.2. The van der Waals surface area contributed by atoms with E-state index in [0.717, 1.165) is 37.2 Å². The van der Waals surface area contributed by atoms with Crippen LogP contribution in [0.15, 0.2) is 18.2 Å². The van der Waals surface area contributed by atoms with Gasteiger partial charge < -0.3 is 20.5 Å². The van der Waals surface area contributed by atoms with Crippen molar-refractivity contribution in [1.29, 1.82) is 0 Å². The van der Waals surface area contributed by atoms with Crippen LogP contribution in [0.1, 0.15) is 0 Å². The second-order valence-corrected chi connectivity index (χ2v) is 4.61. The number of nitrogens with one attached hydrogen (secondary N) is 1. The van der Waals surface area contributed by atoms with Crippen LogP contribution in [0.2, 0.25) is 0 Å². The minimum Gasteiger partial charge on any atom is -0.369 e. The fraction of sp³-hybridized carbons (Fsp3) is 0.417. The average molecular weight is 231 g/mol. The molecule has 5 heteroatoms. The molecule has 1 aliphatic rings. The monoisotopic (exact) mass is 231 g/mol. The van der Waals surface area contributed by atoms with Crippen molar-refractivity contribution in [2.45, 2.75) is 0 Å². The zero-order chi connectivity index (χ0) is 11.8. The SMILES string of the molecule is CN1CCN(c2ccc3nc(N)[nH]c3c2)CC1. The number of nitrogens with two attached hydrogens (primary N) is 1. The average Bonchev–Trinajstić information content (AvgIpc) is 2.69. The van der Waals surface area contributed by atoms with E-state index in [2.05, 4.69) is 38.9 Å². The van der Waals surface area contributed by atoms with Crippen LogP contribution in [-0.2, 0) is 0 Å². The molecule has 0 unspecified atom stereocenters. The van der Waals surface area contributed by atoms with Crippen molar-refractivity contribution in [3.8, 4) is 0 Å². The highest BCUT2D eigenvalue weighted by Gasteiger charge is 2.14. The summed E-state index contributed by atoms with van der Waals surface area (Å²) < 4.78 is 0. The molecular weight excluding hydrogens is 214 g/mol. The van der Waals surface area contributed by atoms with Crippen molar-refractivity contribution in [2.75, 3.05) is 43.9 Å². The largest absolute Gasteiger partial charge is 0.369 e. The van der Waals surface area contributed by atoms with Gasteiger partial charge in [-0.15, -0.1) is 0 Å². The summed E-state index contributed by atoms with van der Waals surface area (Å²) in [6, 6.07) is 6.27. The van der Waals surface area contributed by atoms with E-state index in [-0.39, 0.29) is 0 Å². The maximum Gasteiger partial charge on any atom is 0.198 e. The predicted octanol–water partition coefficient (Wildman–Crippen LogP) is 0.897. The van der Waals surface area contributed by atoms with Gasteiger partial charge in [0.25, 0.3) is 0 Å². The lowest BCUT2D eigenvalue weighted by Crippen LogP contribution is -2.44. The number of hydrogen-bond donors (Lipinski definition) is 2. The predicted molar refractivity (Wildman–Crippen MR) is 70.2 cm³/mol. The summed E-state index contributed by atoms with van der Waals surface area (Å²) >= 11 is 0. The second-order valence-electron chi connectivity index (χ2n) is 4.61. The van der Waals surface area contributed by atoms with E-state index >= 15 is 0 Å². The molecule has 90 valence electrons. The molecule has 1 aromatic heterocycles. The molecule has 0 aliphatic carbocycles. The summed E-state index contributed by atoms with van der Waals surface area (Å²) in [7, 11) is 2.16. The highest BCUT2D eigenvalue weighted by molar-refractivity contribution is 5.81. The summed E-state index contributed by atoms with van der Waals surface area (Å²) in [4.78, 5) is 12.0. The van der Waals surface area contributed by atoms with Crippen molar-refractivity contribution in [1.82, 2.24) is 14.9 Å². The highest BCUT2D eigenvalue weighted by atomic mass is 15.2. The molecule has 1 fully saturated rings. The maximum absolute atomic E-state index is 5.65. The van der Waals surface area contributed by atoms with Crippen LogP contribution in [0.3, 0.4) is 0 Å². The van der Waals surface area contributed by atoms with Crippen LogP contribution >= 0.6 is 0 Å². The Hall–Kier alpha value is -1.75. The van der Waals surface area contributed by atoms with Gasteiger partial charge in [-0.2, -0.15) is 0 Å². The molecule has 0 radical (unpaired) electrons. The highest BCUT2D eigenvalue weighted by Crippen LogP contribution is 2.22. The number of hydrogen-bond acceptors (Lipinski definition) is 4. The Balaban J connectivity index is 1.89. The van der Waals surface area contributed by atoms with Crippen LogP contribution in [0.4, 0.5) is 11.6 Å². The number of fused-ring (bicyclic) bond motifs is 1. The molecule has 0 spiro atoms. The molecule has 0 amide bonds. The number of nitrogen functional groups attached to an aromatic ring is 1. The second kappa shape index (κ2) is 3.92. The molecular formula is C12H17N5. The number of benzene rings is 1. The third-order valence-electron chi connectivity index (χ3n) is 3.35. The van der Waals surface area contributed by atoms with E-state index in [0.29, 0.717) is 5.95 Å². The van der Waals surface area contributed by atoms with Crippen molar-refractivity contribution in [3.63, 3.8) is 0 Å². The number of aromatic nitrogens is 2. The first-order valence-electron chi connectivity index (χ1n) is 5.91. The van der Waals surface area contributed by atoms with Crippen LogP contribution in [0, 0.1) is 0 Å². The minimum atomic E-state index is 0.482. The van der Waals surface area contributed by atoms with Gasteiger partial charge in [-0.3, -0.25) is 0 Å². The lowest BCUT2D eigenvalue weighted by molar-refractivity contribution is 0.313. The Kier molecular flexibility index (Phi) is 2.40. The first kappa shape index (κ1) is 10.4. The van der Waals surface area contributed by atoms with Crippen LogP contribution in [-0.4, -0.2) is 48.1 Å². The van der Waals surface area contributed by atoms with Crippen molar-refractivity contribution >= 4 is 22.7 Å². The molecule has 0 saturated carbocycles. The van der Waals surface area contributed by atoms with Gasteiger partial charge in [0, 0.05) is 31.9 Å². The minimum absolute atomic E-state index is 0.482.